The molecule has 0 heterocycles. The largest absolute Gasteiger partial charge is 0.481 e. The zero-order valence-electron chi connectivity index (χ0n) is 14.6. The summed E-state index contributed by atoms with van der Waals surface area (Å²) in [5.74, 6) is -3.66. The van der Waals surface area contributed by atoms with Gasteiger partial charge >= 0.3 is 5.97 Å². The number of halogens is 1. The topological polar surface area (TPSA) is 111 Å². The number of anilines is 1. The van der Waals surface area contributed by atoms with E-state index in [-0.39, 0.29) is 12.0 Å². The van der Waals surface area contributed by atoms with E-state index >= 15 is 0 Å². The fourth-order valence-electron chi connectivity index (χ4n) is 2.26. The van der Waals surface area contributed by atoms with Crippen molar-refractivity contribution in [2.75, 3.05) is 19.0 Å². The summed E-state index contributed by atoms with van der Waals surface area (Å²) < 4.78 is 0. The molecule has 0 aliphatic carbocycles. The standard InChI is InChI=1S/C17H22ClN3O4/c1-5-11(17(24)25)14(19)15(22)9(2)20-16(23)10-6-7-13(21(3)4)12(18)8-10/h6-9,11,19H,5H2,1-4H3,(H,20,23)(H,24,25). The molecule has 7 nitrogen and oxygen atoms in total. The maximum atomic E-state index is 12.3. The predicted molar refractivity (Wildman–Crippen MR) is 96.9 cm³/mol. The molecule has 1 aromatic carbocycles. The smallest absolute Gasteiger partial charge is 0.312 e. The van der Waals surface area contributed by atoms with Crippen LogP contribution in [0, 0.1) is 11.3 Å². The molecule has 0 aliphatic rings. The van der Waals surface area contributed by atoms with Gasteiger partial charge in [0.1, 0.15) is 5.92 Å². The Bertz CT molecular complexity index is 703. The van der Waals surface area contributed by atoms with Crippen LogP contribution in [-0.2, 0) is 9.59 Å². The van der Waals surface area contributed by atoms with E-state index in [4.69, 9.17) is 22.1 Å². The Labute approximate surface area is 151 Å². The van der Waals surface area contributed by atoms with Gasteiger partial charge in [-0.2, -0.15) is 0 Å². The van der Waals surface area contributed by atoms with Crippen molar-refractivity contribution in [2.45, 2.75) is 26.3 Å². The van der Waals surface area contributed by atoms with Crippen LogP contribution in [0.2, 0.25) is 5.02 Å². The van der Waals surface area contributed by atoms with Crippen molar-refractivity contribution in [1.82, 2.24) is 5.32 Å². The van der Waals surface area contributed by atoms with Gasteiger partial charge in [0.15, 0.2) is 5.78 Å². The zero-order valence-corrected chi connectivity index (χ0v) is 15.3. The third-order valence-electron chi connectivity index (χ3n) is 3.75. The van der Waals surface area contributed by atoms with Crippen molar-refractivity contribution in [3.8, 4) is 0 Å². The van der Waals surface area contributed by atoms with Crippen LogP contribution in [0.1, 0.15) is 30.6 Å². The number of nitrogens with zero attached hydrogens (tertiary/aromatic N) is 1. The van der Waals surface area contributed by atoms with Crippen LogP contribution in [0.25, 0.3) is 0 Å². The minimum Gasteiger partial charge on any atom is -0.481 e. The molecule has 0 spiro atoms. The van der Waals surface area contributed by atoms with E-state index in [0.717, 1.165) is 5.69 Å². The van der Waals surface area contributed by atoms with Gasteiger partial charge < -0.3 is 20.7 Å². The number of Topliss-reactive ketones (excluding diaryl/α,β-unsaturated/α-hetero) is 1. The summed E-state index contributed by atoms with van der Waals surface area (Å²) in [6, 6.07) is 3.73. The van der Waals surface area contributed by atoms with Gasteiger partial charge in [0.2, 0.25) is 0 Å². The van der Waals surface area contributed by atoms with Crippen LogP contribution in [-0.4, -0.2) is 48.6 Å². The highest BCUT2D eigenvalue weighted by Crippen LogP contribution is 2.25. The van der Waals surface area contributed by atoms with Gasteiger partial charge in [-0.3, -0.25) is 14.4 Å². The van der Waals surface area contributed by atoms with Crippen LogP contribution in [0.3, 0.4) is 0 Å². The first-order valence-electron chi connectivity index (χ1n) is 7.73. The third-order valence-corrected chi connectivity index (χ3v) is 4.06. The molecule has 0 saturated carbocycles. The average molecular weight is 368 g/mol. The summed E-state index contributed by atoms with van der Waals surface area (Å²) in [6.07, 6.45) is 0.127. The van der Waals surface area contributed by atoms with E-state index in [2.05, 4.69) is 5.32 Å². The molecule has 0 aromatic heterocycles. The highest BCUT2D eigenvalue weighted by atomic mass is 35.5. The molecule has 1 aromatic rings. The van der Waals surface area contributed by atoms with Crippen molar-refractivity contribution in [1.29, 1.82) is 5.41 Å². The van der Waals surface area contributed by atoms with E-state index in [0.29, 0.717) is 5.02 Å². The highest BCUT2D eigenvalue weighted by molar-refractivity contribution is 6.44. The van der Waals surface area contributed by atoms with Gasteiger partial charge in [-0.25, -0.2) is 0 Å². The molecule has 2 atom stereocenters. The number of amides is 1. The molecule has 0 radical (unpaired) electrons. The Kier molecular flexibility index (Phi) is 7.11. The molecular weight excluding hydrogens is 346 g/mol. The van der Waals surface area contributed by atoms with Crippen molar-refractivity contribution in [2.24, 2.45) is 5.92 Å². The summed E-state index contributed by atoms with van der Waals surface area (Å²) in [5.41, 5.74) is 0.493. The van der Waals surface area contributed by atoms with E-state index in [1.165, 1.54) is 13.0 Å². The molecular formula is C17H22ClN3O4. The normalized spacial score (nSPS) is 12.8. The summed E-state index contributed by atoms with van der Waals surface area (Å²) in [4.78, 5) is 37.3. The highest BCUT2D eigenvalue weighted by Gasteiger charge is 2.30. The van der Waals surface area contributed by atoms with E-state index in [1.54, 1.807) is 24.0 Å². The van der Waals surface area contributed by atoms with Crippen LogP contribution in [0.5, 0.6) is 0 Å². The summed E-state index contributed by atoms with van der Waals surface area (Å²) >= 11 is 6.13. The number of benzene rings is 1. The molecule has 0 aliphatic heterocycles. The fourth-order valence-corrected chi connectivity index (χ4v) is 2.61. The van der Waals surface area contributed by atoms with E-state index in [1.807, 2.05) is 14.1 Å². The Morgan fingerprint density at radius 3 is 2.36 bits per heavy atom. The number of nitrogens with one attached hydrogen (secondary N) is 2. The fraction of sp³-hybridized carbons (Fsp3) is 0.412. The van der Waals surface area contributed by atoms with Gasteiger partial charge in [-0.05, 0) is 31.5 Å². The minimum absolute atomic E-state index is 0.127. The lowest BCUT2D eigenvalue weighted by Crippen LogP contribution is -2.44. The van der Waals surface area contributed by atoms with Crippen LogP contribution >= 0.6 is 11.6 Å². The number of aliphatic carboxylic acids is 1. The molecule has 0 saturated heterocycles. The predicted octanol–water partition coefficient (Wildman–Crippen LogP) is 2.22. The molecule has 1 amide bonds. The van der Waals surface area contributed by atoms with Crippen LogP contribution in [0.15, 0.2) is 18.2 Å². The number of carboxylic acid groups (broad SMARTS) is 1. The number of rotatable bonds is 8. The first-order chi connectivity index (χ1) is 11.6. The number of hydrogen-bond donors (Lipinski definition) is 3. The summed E-state index contributed by atoms with van der Waals surface area (Å²) in [7, 11) is 3.64. The van der Waals surface area contributed by atoms with Crippen molar-refractivity contribution in [3.63, 3.8) is 0 Å². The zero-order chi connectivity index (χ0) is 19.3. The van der Waals surface area contributed by atoms with Crippen molar-refractivity contribution < 1.29 is 19.5 Å². The van der Waals surface area contributed by atoms with Crippen molar-refractivity contribution in [3.05, 3.63) is 28.8 Å². The quantitative estimate of drug-likeness (QED) is 0.610. The average Bonchev–Trinajstić information content (AvgIpc) is 2.53. The number of carbonyl (C=O) groups is 3. The van der Waals surface area contributed by atoms with Gasteiger partial charge in [0.05, 0.1) is 22.5 Å². The second-order valence-corrected chi connectivity index (χ2v) is 6.24. The number of carbonyl (C=O) groups excluding carboxylic acids is 2. The van der Waals surface area contributed by atoms with Gasteiger partial charge in [0.25, 0.3) is 5.91 Å². The number of hydrogen-bond acceptors (Lipinski definition) is 5. The molecule has 136 valence electrons. The SMILES string of the molecule is CCC(C(=N)C(=O)C(C)NC(=O)c1ccc(N(C)C)c(Cl)c1)C(=O)O. The molecule has 1 rings (SSSR count). The molecule has 8 heteroatoms. The lowest BCUT2D eigenvalue weighted by molar-refractivity contribution is -0.140. The Balaban J connectivity index is 2.86. The molecule has 25 heavy (non-hydrogen) atoms. The van der Waals surface area contributed by atoms with E-state index < -0.39 is 35.3 Å². The van der Waals surface area contributed by atoms with Crippen LogP contribution in [0.4, 0.5) is 5.69 Å². The maximum Gasteiger partial charge on any atom is 0.312 e. The van der Waals surface area contributed by atoms with Gasteiger partial charge in [-0.15, -0.1) is 0 Å². The number of ketones is 1. The Morgan fingerprint density at radius 2 is 1.92 bits per heavy atom. The third kappa shape index (κ3) is 5.03. The molecule has 0 fully saturated rings. The Hall–Kier alpha value is -2.41. The lowest BCUT2D eigenvalue weighted by Gasteiger charge is -2.18. The van der Waals surface area contributed by atoms with Crippen LogP contribution < -0.4 is 10.2 Å². The summed E-state index contributed by atoms with van der Waals surface area (Å²) in [6.45, 7) is 3.00. The second kappa shape index (κ2) is 8.62. The molecule has 3 N–H and O–H groups in total. The monoisotopic (exact) mass is 367 g/mol. The lowest BCUT2D eigenvalue weighted by atomic mass is 9.94. The first-order valence-corrected chi connectivity index (χ1v) is 8.11. The van der Waals surface area contributed by atoms with Gasteiger partial charge in [-0.1, -0.05) is 18.5 Å². The molecule has 2 unspecified atom stereocenters. The molecule has 0 bridgehead atoms. The Morgan fingerprint density at radius 1 is 1.32 bits per heavy atom. The first kappa shape index (κ1) is 20.6. The minimum atomic E-state index is -1.23. The summed E-state index contributed by atoms with van der Waals surface area (Å²) in [5, 5.41) is 19.7. The van der Waals surface area contributed by atoms with Crippen molar-refractivity contribution >= 4 is 40.7 Å². The second-order valence-electron chi connectivity index (χ2n) is 5.83. The van der Waals surface area contributed by atoms with E-state index in [9.17, 15) is 14.4 Å². The van der Waals surface area contributed by atoms with Gasteiger partial charge in [0, 0.05) is 19.7 Å². The number of carboxylic acids is 1. The maximum absolute atomic E-state index is 12.3.